The third-order valence-corrected chi connectivity index (χ3v) is 3.92. The lowest BCUT2D eigenvalue weighted by molar-refractivity contribution is 0.438. The van der Waals surface area contributed by atoms with Gasteiger partial charge in [-0.2, -0.15) is 17.0 Å². The predicted molar refractivity (Wildman–Crippen MR) is 51.0 cm³/mol. The molecular weight excluding hydrogens is 168 g/mol. The first-order valence-electron chi connectivity index (χ1n) is 4.55. The summed E-state index contributed by atoms with van der Waals surface area (Å²) in [5.74, 6) is 0.973. The SMILES string of the molecule is CC1CC(C#N)(NC2CC2)CS1. The molecule has 0 aromatic heterocycles. The van der Waals surface area contributed by atoms with Crippen LogP contribution in [0.4, 0.5) is 0 Å². The Labute approximate surface area is 77.7 Å². The van der Waals surface area contributed by atoms with Gasteiger partial charge in [-0.05, 0) is 19.3 Å². The molecule has 1 aliphatic heterocycles. The predicted octanol–water partition coefficient (Wildman–Crippen LogP) is 1.53. The highest BCUT2D eigenvalue weighted by Crippen LogP contribution is 2.36. The number of hydrogen-bond donors (Lipinski definition) is 1. The average Bonchev–Trinajstić information content (AvgIpc) is 2.77. The average molecular weight is 182 g/mol. The second-order valence-electron chi connectivity index (χ2n) is 3.94. The first-order chi connectivity index (χ1) is 5.74. The van der Waals surface area contributed by atoms with Crippen molar-refractivity contribution in [2.75, 3.05) is 5.75 Å². The summed E-state index contributed by atoms with van der Waals surface area (Å²) in [5, 5.41) is 13.2. The van der Waals surface area contributed by atoms with Gasteiger partial charge in [0.2, 0.25) is 0 Å². The van der Waals surface area contributed by atoms with Crippen molar-refractivity contribution in [3.8, 4) is 6.07 Å². The lowest BCUT2D eigenvalue weighted by Gasteiger charge is -2.21. The Bertz CT molecular complexity index is 219. The van der Waals surface area contributed by atoms with Crippen LogP contribution in [0.15, 0.2) is 0 Å². The molecule has 2 fully saturated rings. The van der Waals surface area contributed by atoms with Crippen molar-refractivity contribution >= 4 is 11.8 Å². The van der Waals surface area contributed by atoms with E-state index < -0.39 is 0 Å². The smallest absolute Gasteiger partial charge is 0.117 e. The van der Waals surface area contributed by atoms with Crippen LogP contribution in [0.3, 0.4) is 0 Å². The molecule has 1 aliphatic carbocycles. The monoisotopic (exact) mass is 182 g/mol. The summed E-state index contributed by atoms with van der Waals surface area (Å²) in [6, 6.07) is 3.10. The fourth-order valence-corrected chi connectivity index (χ4v) is 2.96. The Morgan fingerprint density at radius 3 is 2.75 bits per heavy atom. The molecule has 2 unspecified atom stereocenters. The van der Waals surface area contributed by atoms with E-state index in [-0.39, 0.29) is 5.54 Å². The first-order valence-corrected chi connectivity index (χ1v) is 5.59. The molecule has 2 atom stereocenters. The Kier molecular flexibility index (Phi) is 2.05. The van der Waals surface area contributed by atoms with Crippen LogP contribution in [0.2, 0.25) is 0 Å². The number of hydrogen-bond acceptors (Lipinski definition) is 3. The van der Waals surface area contributed by atoms with E-state index in [1.165, 1.54) is 12.8 Å². The lowest BCUT2D eigenvalue weighted by atomic mass is 9.98. The van der Waals surface area contributed by atoms with Crippen molar-refractivity contribution in [1.29, 1.82) is 5.26 Å². The number of thioether (sulfide) groups is 1. The van der Waals surface area contributed by atoms with Crippen LogP contribution in [-0.2, 0) is 0 Å². The van der Waals surface area contributed by atoms with Crippen molar-refractivity contribution < 1.29 is 0 Å². The van der Waals surface area contributed by atoms with E-state index in [0.717, 1.165) is 12.2 Å². The molecule has 0 bridgehead atoms. The van der Waals surface area contributed by atoms with Gasteiger partial charge in [0.25, 0.3) is 0 Å². The zero-order valence-corrected chi connectivity index (χ0v) is 8.16. The highest BCUT2D eigenvalue weighted by molar-refractivity contribution is 8.00. The van der Waals surface area contributed by atoms with Crippen LogP contribution in [0.1, 0.15) is 26.2 Å². The molecule has 2 nitrogen and oxygen atoms in total. The third-order valence-electron chi connectivity index (χ3n) is 2.52. The highest BCUT2D eigenvalue weighted by Gasteiger charge is 2.41. The summed E-state index contributed by atoms with van der Waals surface area (Å²) in [6.45, 7) is 2.21. The van der Waals surface area contributed by atoms with Crippen molar-refractivity contribution in [1.82, 2.24) is 5.32 Å². The fraction of sp³-hybridized carbons (Fsp3) is 0.889. The van der Waals surface area contributed by atoms with Crippen molar-refractivity contribution in [2.24, 2.45) is 0 Å². The molecule has 3 heteroatoms. The number of nitrogens with one attached hydrogen (secondary N) is 1. The Morgan fingerprint density at radius 2 is 2.33 bits per heavy atom. The molecule has 12 heavy (non-hydrogen) atoms. The number of nitriles is 1. The molecule has 0 aromatic rings. The molecule has 2 rings (SSSR count). The molecule has 0 aromatic carbocycles. The van der Waals surface area contributed by atoms with Gasteiger partial charge >= 0.3 is 0 Å². The lowest BCUT2D eigenvalue weighted by Crippen LogP contribution is -2.45. The molecule has 1 saturated carbocycles. The minimum Gasteiger partial charge on any atom is -0.296 e. The maximum atomic E-state index is 9.09. The van der Waals surface area contributed by atoms with Crippen LogP contribution >= 0.6 is 11.8 Å². The number of nitrogens with zero attached hydrogens (tertiary/aromatic N) is 1. The minimum atomic E-state index is -0.189. The van der Waals surface area contributed by atoms with Gasteiger partial charge < -0.3 is 0 Å². The van der Waals surface area contributed by atoms with Gasteiger partial charge in [-0.15, -0.1) is 0 Å². The summed E-state index contributed by atoms with van der Waals surface area (Å²) in [7, 11) is 0. The largest absolute Gasteiger partial charge is 0.296 e. The van der Waals surface area contributed by atoms with E-state index in [0.29, 0.717) is 11.3 Å². The molecule has 1 N–H and O–H groups in total. The highest BCUT2D eigenvalue weighted by atomic mass is 32.2. The van der Waals surface area contributed by atoms with E-state index in [4.69, 9.17) is 5.26 Å². The topological polar surface area (TPSA) is 35.8 Å². The van der Waals surface area contributed by atoms with Gasteiger partial charge in [-0.1, -0.05) is 6.92 Å². The van der Waals surface area contributed by atoms with Gasteiger partial charge in [0.15, 0.2) is 0 Å². The molecule has 0 spiro atoms. The van der Waals surface area contributed by atoms with E-state index in [9.17, 15) is 0 Å². The minimum absolute atomic E-state index is 0.189. The standard InChI is InChI=1S/C9H14N2S/c1-7-4-9(5-10,6-12-7)11-8-2-3-8/h7-8,11H,2-4,6H2,1H3. The quantitative estimate of drug-likeness (QED) is 0.703. The number of rotatable bonds is 2. The van der Waals surface area contributed by atoms with Crippen LogP contribution in [0.25, 0.3) is 0 Å². The van der Waals surface area contributed by atoms with Crippen LogP contribution in [-0.4, -0.2) is 22.6 Å². The van der Waals surface area contributed by atoms with Gasteiger partial charge in [0.05, 0.1) is 6.07 Å². The van der Waals surface area contributed by atoms with Crippen LogP contribution in [0.5, 0.6) is 0 Å². The second kappa shape index (κ2) is 2.93. The van der Waals surface area contributed by atoms with E-state index >= 15 is 0 Å². The normalized spacial score (nSPS) is 41.2. The summed E-state index contributed by atoms with van der Waals surface area (Å²) < 4.78 is 0. The molecule has 0 amide bonds. The second-order valence-corrected chi connectivity index (χ2v) is 5.37. The van der Waals surface area contributed by atoms with Gasteiger partial charge in [-0.25, -0.2) is 0 Å². The van der Waals surface area contributed by atoms with E-state index in [2.05, 4.69) is 18.3 Å². The van der Waals surface area contributed by atoms with Crippen molar-refractivity contribution in [3.63, 3.8) is 0 Å². The summed E-state index contributed by atoms with van der Waals surface area (Å²) >= 11 is 1.91. The van der Waals surface area contributed by atoms with Gasteiger partial charge in [0.1, 0.15) is 5.54 Å². The Hall–Kier alpha value is -0.200. The molecule has 1 heterocycles. The van der Waals surface area contributed by atoms with Crippen molar-refractivity contribution in [3.05, 3.63) is 0 Å². The van der Waals surface area contributed by atoms with Gasteiger partial charge in [0, 0.05) is 17.0 Å². The van der Waals surface area contributed by atoms with E-state index in [1.54, 1.807) is 0 Å². The fourth-order valence-electron chi connectivity index (χ4n) is 1.72. The molecule has 0 radical (unpaired) electrons. The summed E-state index contributed by atoms with van der Waals surface area (Å²) in [6.07, 6.45) is 3.55. The molecule has 2 aliphatic rings. The maximum absolute atomic E-state index is 9.09. The molecule has 66 valence electrons. The van der Waals surface area contributed by atoms with Gasteiger partial charge in [-0.3, -0.25) is 5.32 Å². The summed E-state index contributed by atoms with van der Waals surface area (Å²) in [4.78, 5) is 0. The van der Waals surface area contributed by atoms with Crippen LogP contribution in [0, 0.1) is 11.3 Å². The molecular formula is C9H14N2S. The Morgan fingerprint density at radius 1 is 1.58 bits per heavy atom. The molecule has 1 saturated heterocycles. The van der Waals surface area contributed by atoms with E-state index in [1.807, 2.05) is 11.8 Å². The zero-order chi connectivity index (χ0) is 8.60. The maximum Gasteiger partial charge on any atom is 0.117 e. The Balaban J connectivity index is 1.99. The first kappa shape index (κ1) is 8.40. The summed E-state index contributed by atoms with van der Waals surface area (Å²) in [5.41, 5.74) is -0.189. The van der Waals surface area contributed by atoms with Crippen molar-refractivity contribution in [2.45, 2.75) is 43.0 Å². The van der Waals surface area contributed by atoms with Crippen LogP contribution < -0.4 is 5.32 Å². The third kappa shape index (κ3) is 1.60. The zero-order valence-electron chi connectivity index (χ0n) is 7.34.